The molecule has 1 saturated heterocycles. The zero-order valence-corrected chi connectivity index (χ0v) is 12.2. The average molecular weight is 343 g/mol. The monoisotopic (exact) mass is 342 g/mol. The quantitative estimate of drug-likeness (QED) is 0.771. The highest BCUT2D eigenvalue weighted by atomic mass is 79.9. The van der Waals surface area contributed by atoms with E-state index in [-0.39, 0.29) is 17.6 Å². The molecule has 20 heavy (non-hydrogen) atoms. The number of ether oxygens (including phenoxy) is 1. The van der Waals surface area contributed by atoms with Crippen LogP contribution >= 0.6 is 15.9 Å². The molecule has 0 bridgehead atoms. The van der Waals surface area contributed by atoms with E-state index in [9.17, 15) is 9.59 Å². The molecule has 0 aromatic heterocycles. The molecule has 2 atom stereocenters. The van der Waals surface area contributed by atoms with Gasteiger partial charge in [-0.2, -0.15) is 0 Å². The van der Waals surface area contributed by atoms with Gasteiger partial charge in [0.1, 0.15) is 6.10 Å². The van der Waals surface area contributed by atoms with Crippen LogP contribution in [-0.4, -0.2) is 35.7 Å². The first-order valence-corrected chi connectivity index (χ1v) is 6.99. The van der Waals surface area contributed by atoms with Gasteiger partial charge in [-0.15, -0.1) is 0 Å². The molecule has 1 aromatic carbocycles. The van der Waals surface area contributed by atoms with Crippen LogP contribution in [0.4, 0.5) is 5.69 Å². The Morgan fingerprint density at radius 1 is 1.45 bits per heavy atom. The van der Waals surface area contributed by atoms with E-state index in [1.165, 1.54) is 12.1 Å². The first kappa shape index (κ1) is 15.0. The molecule has 6 nitrogen and oxygen atoms in total. The third-order valence-electron chi connectivity index (χ3n) is 3.13. The fourth-order valence-electron chi connectivity index (χ4n) is 2.04. The number of carbonyl (C=O) groups is 2. The van der Waals surface area contributed by atoms with E-state index in [4.69, 9.17) is 15.6 Å². The van der Waals surface area contributed by atoms with Gasteiger partial charge in [0, 0.05) is 11.0 Å². The Morgan fingerprint density at radius 3 is 2.80 bits per heavy atom. The molecule has 4 N–H and O–H groups in total. The summed E-state index contributed by atoms with van der Waals surface area (Å²) in [6.07, 6.45) is 0.748. The van der Waals surface area contributed by atoms with Crippen molar-refractivity contribution in [3.63, 3.8) is 0 Å². The van der Waals surface area contributed by atoms with Gasteiger partial charge in [0.05, 0.1) is 17.4 Å². The summed E-state index contributed by atoms with van der Waals surface area (Å²) in [6, 6.07) is 4.44. The molecule has 0 aliphatic carbocycles. The second kappa shape index (κ2) is 6.34. The van der Waals surface area contributed by atoms with Crippen molar-refractivity contribution in [2.24, 2.45) is 5.73 Å². The summed E-state index contributed by atoms with van der Waals surface area (Å²) in [5.41, 5.74) is 6.02. The fraction of sp³-hybridized carbons (Fsp3) is 0.385. The second-order valence-electron chi connectivity index (χ2n) is 4.55. The maximum Gasteiger partial charge on any atom is 0.335 e. The minimum atomic E-state index is -1.05. The summed E-state index contributed by atoms with van der Waals surface area (Å²) in [5.74, 6) is -1.34. The summed E-state index contributed by atoms with van der Waals surface area (Å²) in [4.78, 5) is 23.0. The van der Waals surface area contributed by atoms with Crippen molar-refractivity contribution >= 4 is 33.5 Å². The second-order valence-corrected chi connectivity index (χ2v) is 5.40. The lowest BCUT2D eigenvalue weighted by molar-refractivity contribution is -0.126. The molecular formula is C13H15BrN2O4. The van der Waals surface area contributed by atoms with Gasteiger partial charge >= 0.3 is 5.97 Å². The molecule has 1 amide bonds. The highest BCUT2D eigenvalue weighted by molar-refractivity contribution is 9.10. The Hall–Kier alpha value is -1.44. The topological polar surface area (TPSA) is 102 Å². The van der Waals surface area contributed by atoms with E-state index < -0.39 is 12.1 Å². The third kappa shape index (κ3) is 3.36. The largest absolute Gasteiger partial charge is 0.478 e. The zero-order valence-electron chi connectivity index (χ0n) is 10.6. The van der Waals surface area contributed by atoms with Crippen molar-refractivity contribution in [3.8, 4) is 0 Å². The van der Waals surface area contributed by atoms with Gasteiger partial charge in [-0.05, 0) is 47.0 Å². The zero-order chi connectivity index (χ0) is 14.7. The van der Waals surface area contributed by atoms with E-state index in [1.807, 2.05) is 0 Å². The smallest absolute Gasteiger partial charge is 0.335 e. The molecule has 0 saturated carbocycles. The van der Waals surface area contributed by atoms with Gasteiger partial charge in [0.25, 0.3) is 5.91 Å². The Balaban J connectivity index is 2.08. The van der Waals surface area contributed by atoms with Gasteiger partial charge < -0.3 is 20.9 Å². The number of nitrogens with one attached hydrogen (secondary N) is 1. The predicted octanol–water partition coefficient (Wildman–Crippen LogP) is 1.59. The van der Waals surface area contributed by atoms with Crippen LogP contribution in [0.5, 0.6) is 0 Å². The number of halogens is 1. The highest BCUT2D eigenvalue weighted by Crippen LogP contribution is 2.26. The van der Waals surface area contributed by atoms with E-state index in [1.54, 1.807) is 6.07 Å². The minimum Gasteiger partial charge on any atom is -0.478 e. The van der Waals surface area contributed by atoms with Crippen molar-refractivity contribution in [2.75, 3.05) is 11.9 Å². The number of hydrogen-bond acceptors (Lipinski definition) is 4. The maximum absolute atomic E-state index is 12.1. The lowest BCUT2D eigenvalue weighted by Gasteiger charge is -2.14. The SMILES string of the molecule is NCC1CCC(C(=O)Nc2cc(C(=O)O)ccc2Br)O1. The summed E-state index contributed by atoms with van der Waals surface area (Å²) in [7, 11) is 0. The van der Waals surface area contributed by atoms with Crippen LogP contribution in [0.1, 0.15) is 23.2 Å². The molecule has 1 fully saturated rings. The first-order chi connectivity index (χ1) is 9.51. The van der Waals surface area contributed by atoms with Crippen LogP contribution in [0.15, 0.2) is 22.7 Å². The lowest BCUT2D eigenvalue weighted by Crippen LogP contribution is -2.30. The molecule has 2 unspecified atom stereocenters. The van der Waals surface area contributed by atoms with E-state index in [0.29, 0.717) is 23.1 Å². The fourth-order valence-corrected chi connectivity index (χ4v) is 2.39. The van der Waals surface area contributed by atoms with E-state index in [0.717, 1.165) is 6.42 Å². The highest BCUT2D eigenvalue weighted by Gasteiger charge is 2.30. The summed E-state index contributed by atoms with van der Waals surface area (Å²) < 4.78 is 6.11. The van der Waals surface area contributed by atoms with Gasteiger partial charge in [-0.25, -0.2) is 4.79 Å². The number of nitrogens with two attached hydrogens (primary N) is 1. The number of amides is 1. The van der Waals surface area contributed by atoms with E-state index in [2.05, 4.69) is 21.2 Å². The van der Waals surface area contributed by atoms with Gasteiger partial charge in [-0.1, -0.05) is 0 Å². The summed E-state index contributed by atoms with van der Waals surface area (Å²) in [5, 5.41) is 11.6. The number of anilines is 1. The molecule has 1 aliphatic heterocycles. The number of carboxylic acids is 1. The lowest BCUT2D eigenvalue weighted by atomic mass is 10.1. The summed E-state index contributed by atoms with van der Waals surface area (Å²) in [6.45, 7) is 0.391. The summed E-state index contributed by atoms with van der Waals surface area (Å²) >= 11 is 3.27. The standard InChI is InChI=1S/C13H15BrN2O4/c14-9-3-1-7(13(18)19)5-10(9)16-12(17)11-4-2-8(6-15)20-11/h1,3,5,8,11H,2,4,6,15H2,(H,16,17)(H,18,19). The molecule has 2 rings (SSSR count). The average Bonchev–Trinajstić information content (AvgIpc) is 2.89. The van der Waals surface area contributed by atoms with Crippen molar-refractivity contribution in [2.45, 2.75) is 25.0 Å². The van der Waals surface area contributed by atoms with Crippen LogP contribution in [0, 0.1) is 0 Å². The maximum atomic E-state index is 12.1. The Kier molecular flexibility index (Phi) is 4.74. The van der Waals surface area contributed by atoms with Gasteiger partial charge in [-0.3, -0.25) is 4.79 Å². The number of benzene rings is 1. The van der Waals surface area contributed by atoms with Crippen LogP contribution in [-0.2, 0) is 9.53 Å². The van der Waals surface area contributed by atoms with Crippen LogP contribution in [0.3, 0.4) is 0 Å². The van der Waals surface area contributed by atoms with Crippen LogP contribution in [0.25, 0.3) is 0 Å². The minimum absolute atomic E-state index is 0.0838. The molecule has 0 spiro atoms. The van der Waals surface area contributed by atoms with Gasteiger partial charge in [0.2, 0.25) is 0 Å². The Labute approximate surface area is 124 Å². The number of carboxylic acid groups (broad SMARTS) is 1. The molecule has 7 heteroatoms. The number of aromatic carboxylic acids is 1. The van der Waals surface area contributed by atoms with Gasteiger partial charge in [0.15, 0.2) is 0 Å². The van der Waals surface area contributed by atoms with Crippen molar-refractivity contribution < 1.29 is 19.4 Å². The molecule has 108 valence electrons. The Bertz CT molecular complexity index is 535. The third-order valence-corrected chi connectivity index (χ3v) is 3.83. The molecule has 0 radical (unpaired) electrons. The molecule has 1 heterocycles. The first-order valence-electron chi connectivity index (χ1n) is 6.20. The Morgan fingerprint density at radius 2 is 2.20 bits per heavy atom. The number of hydrogen-bond donors (Lipinski definition) is 3. The normalized spacial score (nSPS) is 21.7. The van der Waals surface area contributed by atoms with Crippen molar-refractivity contribution in [1.82, 2.24) is 0 Å². The van der Waals surface area contributed by atoms with Crippen molar-refractivity contribution in [1.29, 1.82) is 0 Å². The predicted molar refractivity (Wildman–Crippen MR) is 76.7 cm³/mol. The molecule has 1 aliphatic rings. The number of rotatable bonds is 4. The van der Waals surface area contributed by atoms with E-state index >= 15 is 0 Å². The molecule has 1 aromatic rings. The van der Waals surface area contributed by atoms with Crippen LogP contribution < -0.4 is 11.1 Å². The van der Waals surface area contributed by atoms with Crippen molar-refractivity contribution in [3.05, 3.63) is 28.2 Å². The van der Waals surface area contributed by atoms with Crippen LogP contribution in [0.2, 0.25) is 0 Å². The number of carbonyl (C=O) groups excluding carboxylic acids is 1. The molecular weight excluding hydrogens is 328 g/mol.